The molecule has 0 radical (unpaired) electrons. The largest absolute Gasteiger partial charge is 0.345 e. The Bertz CT molecular complexity index is 957. The van der Waals surface area contributed by atoms with E-state index in [0.717, 1.165) is 12.0 Å². The van der Waals surface area contributed by atoms with E-state index >= 15 is 0 Å². The van der Waals surface area contributed by atoms with Gasteiger partial charge in [-0.05, 0) is 41.7 Å². The monoisotopic (exact) mass is 421 g/mol. The van der Waals surface area contributed by atoms with Crippen LogP contribution in [0.1, 0.15) is 38.8 Å². The van der Waals surface area contributed by atoms with Gasteiger partial charge in [0.2, 0.25) is 0 Å². The van der Waals surface area contributed by atoms with Gasteiger partial charge in [-0.15, -0.1) is 4.40 Å². The van der Waals surface area contributed by atoms with Crippen molar-refractivity contribution in [1.82, 2.24) is 10.2 Å². The highest BCUT2D eigenvalue weighted by atomic mass is 35.5. The van der Waals surface area contributed by atoms with Crippen LogP contribution in [0, 0.1) is 5.41 Å². The molecule has 6 nitrogen and oxygen atoms in total. The van der Waals surface area contributed by atoms with Gasteiger partial charge in [-0.2, -0.15) is 0 Å². The molecule has 0 fully saturated rings. The molecular weight excluding hydrogens is 398 g/mol. The molecule has 0 spiro atoms. The molecule has 0 saturated carbocycles. The van der Waals surface area contributed by atoms with E-state index in [-0.39, 0.29) is 29.7 Å². The van der Waals surface area contributed by atoms with Crippen molar-refractivity contribution in [3.63, 3.8) is 0 Å². The average molecular weight is 422 g/mol. The Morgan fingerprint density at radius 3 is 2.57 bits per heavy atom. The molecule has 8 heteroatoms. The number of rotatable bonds is 4. The highest BCUT2D eigenvalue weighted by molar-refractivity contribution is 7.90. The predicted molar refractivity (Wildman–Crippen MR) is 112 cm³/mol. The summed E-state index contributed by atoms with van der Waals surface area (Å²) in [5.41, 5.74) is 1.46. The van der Waals surface area contributed by atoms with Crippen molar-refractivity contribution >= 4 is 33.4 Å². The predicted octanol–water partition coefficient (Wildman–Crippen LogP) is 3.43. The quantitative estimate of drug-likeness (QED) is 0.807. The van der Waals surface area contributed by atoms with Crippen LogP contribution in [-0.4, -0.2) is 37.4 Å². The maximum Gasteiger partial charge on any atom is 0.256 e. The zero-order chi connectivity index (χ0) is 20.5. The molecule has 0 aromatic heterocycles. The van der Waals surface area contributed by atoms with Gasteiger partial charge in [0.1, 0.15) is 5.84 Å². The number of halogens is 1. The lowest BCUT2D eigenvalue weighted by Gasteiger charge is -2.29. The Morgan fingerprint density at radius 1 is 1.25 bits per heavy atom. The zero-order valence-electron chi connectivity index (χ0n) is 16.1. The fourth-order valence-electron chi connectivity index (χ4n) is 3.14. The summed E-state index contributed by atoms with van der Waals surface area (Å²) in [5.74, 6) is 0.0624. The SMILES string of the molecule is CC(C)(C)C[C@H](NC(=O)C1=CN2CCS(=O)(=O)N=C2C=C1)c1ccc(Cl)cc1. The summed E-state index contributed by atoms with van der Waals surface area (Å²) in [6.07, 6.45) is 5.57. The molecule has 2 aliphatic rings. The minimum absolute atomic E-state index is 0.00935. The number of carbonyl (C=O) groups excluding carboxylic acids is 1. The molecule has 28 heavy (non-hydrogen) atoms. The third-order valence-corrected chi connectivity index (χ3v) is 5.90. The van der Waals surface area contributed by atoms with E-state index < -0.39 is 10.0 Å². The van der Waals surface area contributed by atoms with Gasteiger partial charge >= 0.3 is 0 Å². The molecule has 3 rings (SSSR count). The molecule has 0 unspecified atom stereocenters. The van der Waals surface area contributed by atoms with Crippen molar-refractivity contribution in [1.29, 1.82) is 0 Å². The van der Waals surface area contributed by atoms with Gasteiger partial charge in [-0.1, -0.05) is 44.5 Å². The van der Waals surface area contributed by atoms with E-state index in [4.69, 9.17) is 11.6 Å². The van der Waals surface area contributed by atoms with Gasteiger partial charge in [0, 0.05) is 17.8 Å². The molecule has 1 aromatic carbocycles. The summed E-state index contributed by atoms with van der Waals surface area (Å²) < 4.78 is 27.0. The fraction of sp³-hybridized carbons (Fsp3) is 0.400. The standard InChI is InChI=1S/C20H24ClN3O3S/c1-20(2,3)12-17(14-4-7-16(21)8-5-14)22-19(25)15-6-9-18-23-28(26,27)11-10-24(18)13-15/h4-9,13,17H,10-12H2,1-3H3,(H,22,25)/t17-/m0/s1. The normalized spacial score (nSPS) is 19.4. The number of hydrogen-bond donors (Lipinski definition) is 1. The Balaban J connectivity index is 1.80. The van der Waals surface area contributed by atoms with Gasteiger partial charge in [0.25, 0.3) is 15.9 Å². The molecule has 0 aliphatic carbocycles. The van der Waals surface area contributed by atoms with E-state index in [2.05, 4.69) is 30.5 Å². The van der Waals surface area contributed by atoms with E-state index in [1.165, 1.54) is 0 Å². The van der Waals surface area contributed by atoms with Gasteiger partial charge in [0.05, 0.1) is 17.4 Å². The molecule has 2 heterocycles. The molecule has 1 aromatic rings. The van der Waals surface area contributed by atoms with Crippen LogP contribution in [0.3, 0.4) is 0 Å². The van der Waals surface area contributed by atoms with Crippen molar-refractivity contribution in [3.8, 4) is 0 Å². The Labute approximate surface area is 171 Å². The van der Waals surface area contributed by atoms with Crippen molar-refractivity contribution < 1.29 is 13.2 Å². The summed E-state index contributed by atoms with van der Waals surface area (Å²) in [5, 5.41) is 3.75. The fourth-order valence-corrected chi connectivity index (χ4v) is 4.23. The van der Waals surface area contributed by atoms with Gasteiger partial charge < -0.3 is 10.2 Å². The molecule has 1 N–H and O–H groups in total. The van der Waals surface area contributed by atoms with Gasteiger partial charge in [0.15, 0.2) is 0 Å². The topological polar surface area (TPSA) is 78.8 Å². The molecule has 0 bridgehead atoms. The van der Waals surface area contributed by atoms with E-state index in [0.29, 0.717) is 16.4 Å². The first-order valence-corrected chi connectivity index (χ1v) is 11.1. The maximum absolute atomic E-state index is 12.9. The summed E-state index contributed by atoms with van der Waals surface area (Å²) in [6, 6.07) is 7.30. The second kappa shape index (κ2) is 7.72. The molecule has 0 saturated heterocycles. The van der Waals surface area contributed by atoms with Crippen LogP contribution < -0.4 is 5.32 Å². The van der Waals surface area contributed by atoms with Crippen molar-refractivity contribution in [2.24, 2.45) is 9.81 Å². The number of carbonyl (C=O) groups is 1. The van der Waals surface area contributed by atoms with Crippen LogP contribution >= 0.6 is 11.6 Å². The lowest BCUT2D eigenvalue weighted by Crippen LogP contribution is -2.38. The number of benzene rings is 1. The molecule has 1 atom stereocenters. The number of nitrogens with zero attached hydrogens (tertiary/aromatic N) is 2. The lowest BCUT2D eigenvalue weighted by atomic mass is 9.85. The molecule has 150 valence electrons. The van der Waals surface area contributed by atoms with E-state index in [1.54, 1.807) is 23.3 Å². The van der Waals surface area contributed by atoms with Crippen molar-refractivity contribution in [2.75, 3.05) is 12.3 Å². The van der Waals surface area contributed by atoms with Crippen LogP contribution in [0.25, 0.3) is 0 Å². The second-order valence-electron chi connectivity index (χ2n) is 8.19. The van der Waals surface area contributed by atoms with Crippen LogP contribution in [0.4, 0.5) is 0 Å². The van der Waals surface area contributed by atoms with E-state index in [1.807, 2.05) is 24.3 Å². The lowest BCUT2D eigenvalue weighted by molar-refractivity contribution is -0.118. The summed E-state index contributed by atoms with van der Waals surface area (Å²) >= 11 is 6.00. The molecular formula is C20H24ClN3O3S. The summed E-state index contributed by atoms with van der Waals surface area (Å²) in [6.45, 7) is 6.65. The van der Waals surface area contributed by atoms with Crippen molar-refractivity contribution in [3.05, 3.63) is 58.8 Å². The highest BCUT2D eigenvalue weighted by Gasteiger charge is 2.27. The number of nitrogens with one attached hydrogen (secondary N) is 1. The first kappa shape index (κ1) is 20.6. The highest BCUT2D eigenvalue weighted by Crippen LogP contribution is 2.30. The minimum Gasteiger partial charge on any atom is -0.345 e. The zero-order valence-corrected chi connectivity index (χ0v) is 17.7. The maximum atomic E-state index is 12.9. The number of amides is 1. The van der Waals surface area contributed by atoms with Crippen LogP contribution in [0.2, 0.25) is 5.02 Å². The van der Waals surface area contributed by atoms with Gasteiger partial charge in [-0.25, -0.2) is 8.42 Å². The van der Waals surface area contributed by atoms with Crippen LogP contribution in [0.15, 0.2) is 52.6 Å². The third kappa shape index (κ3) is 5.23. The second-order valence-corrected chi connectivity index (χ2v) is 10.4. The number of amidine groups is 1. The summed E-state index contributed by atoms with van der Waals surface area (Å²) in [7, 11) is -3.42. The minimum atomic E-state index is -3.42. The first-order valence-electron chi connectivity index (χ1n) is 9.08. The molecule has 1 amide bonds. The first-order chi connectivity index (χ1) is 13.0. The Kier molecular flexibility index (Phi) is 5.68. The molecule has 2 aliphatic heterocycles. The average Bonchev–Trinajstić information content (AvgIpc) is 2.59. The van der Waals surface area contributed by atoms with Crippen molar-refractivity contribution in [2.45, 2.75) is 33.2 Å². The summed E-state index contributed by atoms with van der Waals surface area (Å²) in [4.78, 5) is 14.6. The number of sulfonamides is 1. The number of fused-ring (bicyclic) bond motifs is 1. The van der Waals surface area contributed by atoms with Gasteiger partial charge in [-0.3, -0.25) is 4.79 Å². The smallest absolute Gasteiger partial charge is 0.256 e. The Morgan fingerprint density at radius 2 is 1.93 bits per heavy atom. The Hall–Kier alpha value is -2.12. The number of hydrogen-bond acceptors (Lipinski definition) is 4. The van der Waals surface area contributed by atoms with Crippen LogP contribution in [0.5, 0.6) is 0 Å². The van der Waals surface area contributed by atoms with E-state index in [9.17, 15) is 13.2 Å². The third-order valence-electron chi connectivity index (χ3n) is 4.48. The van der Waals surface area contributed by atoms with Crippen LogP contribution in [-0.2, 0) is 14.8 Å².